The van der Waals surface area contributed by atoms with Crippen LogP contribution in [0.15, 0.2) is 60.7 Å². The molecule has 6 heteroatoms. The first-order valence-electron chi connectivity index (χ1n) is 11.4. The van der Waals surface area contributed by atoms with Crippen LogP contribution in [-0.2, 0) is 0 Å². The van der Waals surface area contributed by atoms with Crippen LogP contribution in [-0.4, -0.2) is 41.4 Å². The summed E-state index contributed by atoms with van der Waals surface area (Å²) in [6.07, 6.45) is 2.26. The summed E-state index contributed by atoms with van der Waals surface area (Å²) in [5, 5.41) is 21.1. The Kier molecular flexibility index (Phi) is 5.12. The van der Waals surface area contributed by atoms with Crippen LogP contribution < -0.4 is 9.47 Å². The zero-order valence-electron chi connectivity index (χ0n) is 18.2. The molecule has 1 fully saturated rings. The molecule has 3 aromatic carbocycles. The molecule has 4 aromatic rings. The predicted octanol–water partition coefficient (Wildman–Crippen LogP) is 5.94. The number of phenolic OH excluding ortho intramolecular Hbond substituents is 2. The summed E-state index contributed by atoms with van der Waals surface area (Å²) in [7, 11) is 0. The molecular formula is C27H25NO4S. The minimum Gasteiger partial charge on any atom is -0.508 e. The first-order valence-corrected chi connectivity index (χ1v) is 12.2. The number of fused-ring (bicyclic) bond motifs is 5. The van der Waals surface area contributed by atoms with Crippen molar-refractivity contribution in [3.8, 4) is 33.4 Å². The molecular weight excluding hydrogens is 434 g/mol. The Morgan fingerprint density at radius 3 is 2.52 bits per heavy atom. The van der Waals surface area contributed by atoms with Gasteiger partial charge in [-0.2, -0.15) is 0 Å². The molecule has 0 saturated carbocycles. The van der Waals surface area contributed by atoms with Gasteiger partial charge < -0.3 is 19.7 Å². The van der Waals surface area contributed by atoms with Gasteiger partial charge in [0.15, 0.2) is 6.10 Å². The van der Waals surface area contributed by atoms with Crippen LogP contribution in [0.5, 0.6) is 23.0 Å². The molecule has 0 unspecified atom stereocenters. The number of ether oxygens (including phenoxy) is 2. The number of likely N-dealkylation sites (tertiary alicyclic amines) is 1. The lowest BCUT2D eigenvalue weighted by Gasteiger charge is -2.27. The number of phenols is 2. The summed E-state index contributed by atoms with van der Waals surface area (Å²) >= 11 is 1.64. The second-order valence-corrected chi connectivity index (χ2v) is 9.72. The minimum absolute atomic E-state index is 0.177. The van der Waals surface area contributed by atoms with Crippen molar-refractivity contribution < 1.29 is 19.7 Å². The van der Waals surface area contributed by atoms with E-state index < -0.39 is 0 Å². The van der Waals surface area contributed by atoms with Gasteiger partial charge in [-0.05, 0) is 74.0 Å². The van der Waals surface area contributed by atoms with Gasteiger partial charge in [-0.15, -0.1) is 11.3 Å². The Hall–Kier alpha value is -3.22. The molecule has 1 atom stereocenters. The maximum Gasteiger partial charge on any atom is 0.151 e. The lowest BCUT2D eigenvalue weighted by Crippen LogP contribution is -2.25. The highest BCUT2D eigenvalue weighted by atomic mass is 32.1. The zero-order chi connectivity index (χ0) is 22.4. The van der Waals surface area contributed by atoms with Crippen LogP contribution in [0, 0.1) is 0 Å². The molecule has 2 aliphatic heterocycles. The van der Waals surface area contributed by atoms with E-state index >= 15 is 0 Å². The van der Waals surface area contributed by atoms with E-state index in [0.717, 1.165) is 43.9 Å². The van der Waals surface area contributed by atoms with Gasteiger partial charge in [0.2, 0.25) is 0 Å². The summed E-state index contributed by atoms with van der Waals surface area (Å²) < 4.78 is 13.4. The van der Waals surface area contributed by atoms with E-state index in [2.05, 4.69) is 17.0 Å². The van der Waals surface area contributed by atoms with E-state index in [9.17, 15) is 10.2 Å². The van der Waals surface area contributed by atoms with E-state index in [0.29, 0.717) is 12.4 Å². The van der Waals surface area contributed by atoms with E-state index in [1.54, 1.807) is 35.6 Å². The number of benzene rings is 3. The lowest BCUT2D eigenvalue weighted by molar-refractivity contribution is 0.236. The molecule has 1 aromatic heterocycles. The van der Waals surface area contributed by atoms with Crippen LogP contribution in [0.25, 0.3) is 20.5 Å². The predicted molar refractivity (Wildman–Crippen MR) is 131 cm³/mol. The molecule has 0 aliphatic carbocycles. The number of nitrogens with zero attached hydrogens (tertiary/aromatic N) is 1. The second-order valence-electron chi connectivity index (χ2n) is 8.67. The summed E-state index contributed by atoms with van der Waals surface area (Å²) in [6, 6.07) is 18.8. The Morgan fingerprint density at radius 2 is 1.70 bits per heavy atom. The van der Waals surface area contributed by atoms with Crippen LogP contribution in [0.2, 0.25) is 0 Å². The Labute approximate surface area is 196 Å². The minimum atomic E-state index is -0.314. The highest BCUT2D eigenvalue weighted by Crippen LogP contribution is 2.52. The monoisotopic (exact) mass is 459 g/mol. The summed E-state index contributed by atoms with van der Waals surface area (Å²) in [5.41, 5.74) is 3.07. The molecule has 0 bridgehead atoms. The Morgan fingerprint density at radius 1 is 0.939 bits per heavy atom. The molecule has 2 N–H and O–H groups in total. The van der Waals surface area contributed by atoms with Crippen molar-refractivity contribution in [1.82, 2.24) is 4.90 Å². The van der Waals surface area contributed by atoms with Gasteiger partial charge in [-0.25, -0.2) is 0 Å². The highest BCUT2D eigenvalue weighted by Gasteiger charge is 2.31. The van der Waals surface area contributed by atoms with Crippen LogP contribution in [0.3, 0.4) is 0 Å². The molecule has 0 spiro atoms. The zero-order valence-corrected chi connectivity index (χ0v) is 19.0. The molecule has 3 heterocycles. The SMILES string of the molecule is Oc1ccc2c(c1)O[C@H](c1ccc(OCCN3CCCC3)cc1)c1c-2sc2cc(O)ccc12. The van der Waals surface area contributed by atoms with E-state index in [4.69, 9.17) is 9.47 Å². The van der Waals surface area contributed by atoms with Gasteiger partial charge in [0, 0.05) is 38.7 Å². The molecule has 33 heavy (non-hydrogen) atoms. The van der Waals surface area contributed by atoms with Gasteiger partial charge >= 0.3 is 0 Å². The van der Waals surface area contributed by atoms with Crippen LogP contribution >= 0.6 is 11.3 Å². The largest absolute Gasteiger partial charge is 0.508 e. The van der Waals surface area contributed by atoms with Crippen molar-refractivity contribution >= 4 is 21.4 Å². The summed E-state index contributed by atoms with van der Waals surface area (Å²) in [6.45, 7) is 4.00. The number of rotatable bonds is 5. The quantitative estimate of drug-likeness (QED) is 0.387. The topological polar surface area (TPSA) is 62.2 Å². The van der Waals surface area contributed by atoms with Crippen molar-refractivity contribution in [1.29, 1.82) is 0 Å². The third-order valence-electron chi connectivity index (χ3n) is 6.49. The fourth-order valence-corrected chi connectivity index (χ4v) is 6.11. The smallest absolute Gasteiger partial charge is 0.151 e. The van der Waals surface area contributed by atoms with E-state index in [1.165, 1.54) is 25.9 Å². The average molecular weight is 460 g/mol. The molecule has 0 radical (unpaired) electrons. The molecule has 0 amide bonds. The van der Waals surface area contributed by atoms with Crippen LogP contribution in [0.1, 0.15) is 30.1 Å². The third-order valence-corrected chi connectivity index (χ3v) is 7.69. The van der Waals surface area contributed by atoms with Crippen molar-refractivity contribution in [3.63, 3.8) is 0 Å². The maximum atomic E-state index is 10.0. The molecule has 168 valence electrons. The summed E-state index contributed by atoms with van der Waals surface area (Å²) in [4.78, 5) is 3.55. The first-order chi connectivity index (χ1) is 16.2. The number of thiophene rings is 1. The standard InChI is InChI=1S/C27H25NO4S/c29-18-5-9-21-23(15-18)32-26(25-22-10-6-19(30)16-24(22)33-27(21)25)17-3-7-20(8-4-17)31-14-13-28-11-1-2-12-28/h3-10,15-16,26,29-30H,1-2,11-14H2/t26-/m1/s1. The Bertz CT molecular complexity index is 1310. The lowest BCUT2D eigenvalue weighted by atomic mass is 9.93. The third kappa shape index (κ3) is 3.79. The molecule has 1 saturated heterocycles. The van der Waals surface area contributed by atoms with Crippen molar-refractivity contribution in [2.24, 2.45) is 0 Å². The Balaban J connectivity index is 1.32. The van der Waals surface area contributed by atoms with Crippen LogP contribution in [0.4, 0.5) is 0 Å². The van der Waals surface area contributed by atoms with E-state index in [-0.39, 0.29) is 17.6 Å². The molecule has 5 nitrogen and oxygen atoms in total. The highest BCUT2D eigenvalue weighted by molar-refractivity contribution is 7.22. The van der Waals surface area contributed by atoms with Gasteiger partial charge in [0.05, 0.1) is 0 Å². The fourth-order valence-electron chi connectivity index (χ4n) is 4.82. The van der Waals surface area contributed by atoms with Gasteiger partial charge in [0.25, 0.3) is 0 Å². The number of hydrogen-bond acceptors (Lipinski definition) is 6. The van der Waals surface area contributed by atoms with Gasteiger partial charge in [-0.1, -0.05) is 12.1 Å². The van der Waals surface area contributed by atoms with Crippen molar-refractivity contribution in [2.75, 3.05) is 26.2 Å². The maximum absolute atomic E-state index is 10.0. The first kappa shape index (κ1) is 20.4. The second kappa shape index (κ2) is 8.28. The number of hydrogen-bond donors (Lipinski definition) is 2. The van der Waals surface area contributed by atoms with Gasteiger partial charge in [-0.3, -0.25) is 4.90 Å². The molecule has 2 aliphatic rings. The normalized spacial score (nSPS) is 17.5. The fraction of sp³-hybridized carbons (Fsp3) is 0.259. The average Bonchev–Trinajstić information content (AvgIpc) is 3.46. The van der Waals surface area contributed by atoms with Crippen molar-refractivity contribution in [2.45, 2.75) is 18.9 Å². The van der Waals surface area contributed by atoms with Crippen molar-refractivity contribution in [3.05, 3.63) is 71.8 Å². The van der Waals surface area contributed by atoms with Gasteiger partial charge in [0.1, 0.15) is 29.6 Å². The number of aromatic hydroxyl groups is 2. The summed E-state index contributed by atoms with van der Waals surface area (Å²) in [5.74, 6) is 1.94. The van der Waals surface area contributed by atoms with E-state index in [1.807, 2.05) is 24.3 Å². The molecule has 6 rings (SSSR count).